The average Bonchev–Trinajstić information content (AvgIpc) is 3.09. The summed E-state index contributed by atoms with van der Waals surface area (Å²) in [6, 6.07) is 11.7. The topological polar surface area (TPSA) is 64.4 Å². The van der Waals surface area contributed by atoms with E-state index < -0.39 is 0 Å². The van der Waals surface area contributed by atoms with Gasteiger partial charge < -0.3 is 9.30 Å². The molecular formula is C19H18ClN3O3S. The van der Waals surface area contributed by atoms with E-state index in [1.54, 1.807) is 31.3 Å². The second kappa shape index (κ2) is 8.37. The Morgan fingerprint density at radius 1 is 1.26 bits per heavy atom. The number of pyridine rings is 1. The normalized spacial score (nSPS) is 10.6. The summed E-state index contributed by atoms with van der Waals surface area (Å²) in [4.78, 5) is 31.0. The highest BCUT2D eigenvalue weighted by molar-refractivity contribution is 7.14. The number of anilines is 1. The molecule has 0 fully saturated rings. The lowest BCUT2D eigenvalue weighted by Gasteiger charge is -2.18. The van der Waals surface area contributed by atoms with Crippen LogP contribution in [0.25, 0.3) is 0 Å². The van der Waals surface area contributed by atoms with Gasteiger partial charge in [0.2, 0.25) is 0 Å². The molecule has 3 aromatic rings. The standard InChI is InChI=1S/C19H18ClN3O3S/c1-13-12-27-19(21-13)22(2)18(25)15-7-5-9-17(24)23(15)10-11-26-16-8-4-3-6-14(16)20/h3-9,12H,10-11H2,1-2H3. The summed E-state index contributed by atoms with van der Waals surface area (Å²) in [6.07, 6.45) is 0. The monoisotopic (exact) mass is 403 g/mol. The van der Waals surface area contributed by atoms with Gasteiger partial charge >= 0.3 is 0 Å². The van der Waals surface area contributed by atoms with Gasteiger partial charge in [0.05, 0.1) is 17.3 Å². The van der Waals surface area contributed by atoms with Crippen LogP contribution in [-0.2, 0) is 6.54 Å². The molecule has 0 bridgehead atoms. The lowest BCUT2D eigenvalue weighted by molar-refractivity contribution is 0.0981. The number of para-hydroxylation sites is 1. The average molecular weight is 404 g/mol. The van der Waals surface area contributed by atoms with Gasteiger partial charge in [0.25, 0.3) is 11.5 Å². The van der Waals surface area contributed by atoms with Crippen molar-refractivity contribution in [3.8, 4) is 5.75 Å². The number of aromatic nitrogens is 2. The number of benzene rings is 1. The third kappa shape index (κ3) is 4.37. The zero-order valence-electron chi connectivity index (χ0n) is 14.9. The number of hydrogen-bond acceptors (Lipinski definition) is 5. The fraction of sp³-hybridized carbons (Fsp3) is 0.211. The molecule has 0 unspecified atom stereocenters. The third-order valence-electron chi connectivity index (χ3n) is 3.88. The van der Waals surface area contributed by atoms with E-state index >= 15 is 0 Å². The zero-order valence-corrected chi connectivity index (χ0v) is 16.5. The summed E-state index contributed by atoms with van der Waals surface area (Å²) in [5.41, 5.74) is 0.848. The lowest BCUT2D eigenvalue weighted by Crippen LogP contribution is -2.34. The van der Waals surface area contributed by atoms with Crippen LogP contribution in [0.15, 0.2) is 52.6 Å². The van der Waals surface area contributed by atoms with Crippen LogP contribution in [0.1, 0.15) is 16.2 Å². The first kappa shape index (κ1) is 19.1. The Kier molecular flexibility index (Phi) is 5.93. The van der Waals surface area contributed by atoms with Crippen molar-refractivity contribution < 1.29 is 9.53 Å². The smallest absolute Gasteiger partial charge is 0.276 e. The number of carbonyl (C=O) groups excluding carboxylic acids is 1. The van der Waals surface area contributed by atoms with Gasteiger partial charge in [-0.1, -0.05) is 29.8 Å². The van der Waals surface area contributed by atoms with Crippen LogP contribution in [0.3, 0.4) is 0 Å². The van der Waals surface area contributed by atoms with Gasteiger partial charge in [-0.05, 0) is 25.1 Å². The highest BCUT2D eigenvalue weighted by Gasteiger charge is 2.20. The predicted octanol–water partition coefficient (Wildman–Crippen LogP) is 3.62. The number of ether oxygens (including phenoxy) is 1. The van der Waals surface area contributed by atoms with E-state index in [1.807, 2.05) is 24.4 Å². The fourth-order valence-corrected chi connectivity index (χ4v) is 3.46. The molecule has 0 radical (unpaired) electrons. The van der Waals surface area contributed by atoms with Gasteiger partial charge in [-0.15, -0.1) is 11.3 Å². The van der Waals surface area contributed by atoms with Crippen molar-refractivity contribution in [2.45, 2.75) is 13.5 Å². The Balaban J connectivity index is 1.79. The second-order valence-electron chi connectivity index (χ2n) is 5.82. The molecule has 0 aliphatic rings. The summed E-state index contributed by atoms with van der Waals surface area (Å²) in [5.74, 6) is 0.228. The van der Waals surface area contributed by atoms with Crippen LogP contribution in [0, 0.1) is 6.92 Å². The zero-order chi connectivity index (χ0) is 19.4. The lowest BCUT2D eigenvalue weighted by atomic mass is 10.3. The number of aryl methyl sites for hydroxylation is 1. The maximum atomic E-state index is 12.9. The molecule has 0 saturated carbocycles. The molecule has 140 valence electrons. The molecule has 0 aliphatic carbocycles. The van der Waals surface area contributed by atoms with Crippen molar-refractivity contribution in [2.24, 2.45) is 0 Å². The van der Waals surface area contributed by atoms with Crippen molar-refractivity contribution in [3.05, 3.63) is 74.6 Å². The highest BCUT2D eigenvalue weighted by Crippen LogP contribution is 2.23. The summed E-state index contributed by atoms with van der Waals surface area (Å²) < 4.78 is 7.05. The number of rotatable bonds is 6. The first-order valence-electron chi connectivity index (χ1n) is 8.24. The van der Waals surface area contributed by atoms with E-state index in [-0.39, 0.29) is 30.3 Å². The molecule has 0 spiro atoms. The molecular weight excluding hydrogens is 386 g/mol. The van der Waals surface area contributed by atoms with E-state index in [1.165, 1.54) is 26.9 Å². The number of nitrogens with zero attached hydrogens (tertiary/aromatic N) is 3. The molecule has 2 heterocycles. The van der Waals surface area contributed by atoms with Gasteiger partial charge in [-0.2, -0.15) is 0 Å². The largest absolute Gasteiger partial charge is 0.490 e. The number of amides is 1. The van der Waals surface area contributed by atoms with Crippen LogP contribution in [0.4, 0.5) is 5.13 Å². The molecule has 0 aliphatic heterocycles. The Labute approximate surface area is 165 Å². The van der Waals surface area contributed by atoms with Crippen LogP contribution in [0.5, 0.6) is 5.75 Å². The van der Waals surface area contributed by atoms with Crippen LogP contribution < -0.4 is 15.2 Å². The van der Waals surface area contributed by atoms with Gasteiger partial charge in [0.1, 0.15) is 18.1 Å². The van der Waals surface area contributed by atoms with E-state index in [0.29, 0.717) is 15.9 Å². The number of thiazole rings is 1. The maximum absolute atomic E-state index is 12.9. The summed E-state index contributed by atoms with van der Waals surface area (Å²) in [6.45, 7) is 2.29. The van der Waals surface area contributed by atoms with Crippen LogP contribution in [-0.4, -0.2) is 29.1 Å². The summed E-state index contributed by atoms with van der Waals surface area (Å²) >= 11 is 7.44. The van der Waals surface area contributed by atoms with Crippen molar-refractivity contribution in [1.29, 1.82) is 0 Å². The van der Waals surface area contributed by atoms with Crippen LogP contribution in [0.2, 0.25) is 5.02 Å². The number of halogens is 1. The minimum Gasteiger partial charge on any atom is -0.490 e. The molecule has 27 heavy (non-hydrogen) atoms. The number of hydrogen-bond donors (Lipinski definition) is 0. The van der Waals surface area contributed by atoms with Crippen molar-refractivity contribution in [2.75, 3.05) is 18.6 Å². The second-order valence-corrected chi connectivity index (χ2v) is 7.06. The fourth-order valence-electron chi connectivity index (χ4n) is 2.50. The molecule has 8 heteroatoms. The van der Waals surface area contributed by atoms with Crippen molar-refractivity contribution in [1.82, 2.24) is 9.55 Å². The van der Waals surface area contributed by atoms with Gasteiger partial charge in [-0.3, -0.25) is 14.5 Å². The van der Waals surface area contributed by atoms with Crippen molar-refractivity contribution in [3.63, 3.8) is 0 Å². The minimum absolute atomic E-state index is 0.202. The first-order valence-corrected chi connectivity index (χ1v) is 9.50. The predicted molar refractivity (Wildman–Crippen MR) is 107 cm³/mol. The Bertz CT molecular complexity index is 1020. The van der Waals surface area contributed by atoms with Crippen LogP contribution >= 0.6 is 22.9 Å². The van der Waals surface area contributed by atoms with Gasteiger partial charge in [0.15, 0.2) is 5.13 Å². The van der Waals surface area contributed by atoms with Gasteiger partial charge in [0, 0.05) is 18.5 Å². The highest BCUT2D eigenvalue weighted by atomic mass is 35.5. The molecule has 1 aromatic carbocycles. The first-order chi connectivity index (χ1) is 13.0. The Morgan fingerprint density at radius 2 is 2.04 bits per heavy atom. The summed E-state index contributed by atoms with van der Waals surface area (Å²) in [7, 11) is 1.64. The number of carbonyl (C=O) groups is 1. The molecule has 0 saturated heterocycles. The van der Waals surface area contributed by atoms with E-state index in [4.69, 9.17) is 16.3 Å². The SMILES string of the molecule is Cc1csc(N(C)C(=O)c2cccc(=O)n2CCOc2ccccc2Cl)n1. The van der Waals surface area contributed by atoms with E-state index in [2.05, 4.69) is 4.98 Å². The third-order valence-corrected chi connectivity index (χ3v) is 5.22. The molecule has 6 nitrogen and oxygen atoms in total. The summed E-state index contributed by atoms with van der Waals surface area (Å²) in [5, 5.41) is 2.94. The molecule has 1 amide bonds. The molecule has 3 rings (SSSR count). The van der Waals surface area contributed by atoms with E-state index in [9.17, 15) is 9.59 Å². The molecule has 0 N–H and O–H groups in total. The maximum Gasteiger partial charge on any atom is 0.276 e. The molecule has 0 atom stereocenters. The Morgan fingerprint density at radius 3 is 2.74 bits per heavy atom. The Hall–Kier alpha value is -2.64. The van der Waals surface area contributed by atoms with E-state index in [0.717, 1.165) is 5.69 Å². The molecule has 2 aromatic heterocycles. The minimum atomic E-state index is -0.306. The van der Waals surface area contributed by atoms with Gasteiger partial charge in [-0.25, -0.2) is 4.98 Å². The van der Waals surface area contributed by atoms with Crippen molar-refractivity contribution >= 4 is 34.0 Å². The quantitative estimate of drug-likeness (QED) is 0.630.